The average Bonchev–Trinajstić information content (AvgIpc) is 2.99. The molecule has 1 aliphatic carbocycles. The maximum atomic E-state index is 12.9. The van der Waals surface area contributed by atoms with Crippen molar-refractivity contribution in [3.63, 3.8) is 0 Å². The summed E-state index contributed by atoms with van der Waals surface area (Å²) in [5.74, 6) is -0.600. The minimum absolute atomic E-state index is 0.0101. The molecule has 2 aromatic carbocycles. The third-order valence-corrected chi connectivity index (χ3v) is 6.16. The highest BCUT2D eigenvalue weighted by Gasteiger charge is 2.51. The van der Waals surface area contributed by atoms with Crippen molar-refractivity contribution in [1.29, 1.82) is 0 Å². The summed E-state index contributed by atoms with van der Waals surface area (Å²) < 4.78 is 0. The third kappa shape index (κ3) is 4.08. The molecular weight excluding hydrogens is 378 g/mol. The first kappa shape index (κ1) is 20.1. The minimum Gasteiger partial charge on any atom is -0.354 e. The Bertz CT molecular complexity index is 868. The molecule has 1 aliphatic heterocycles. The number of carbonyl (C=O) groups excluding carboxylic acids is 3. The number of nitrogens with zero attached hydrogens (tertiary/aromatic N) is 1. The maximum Gasteiger partial charge on any atom is 0.325 e. The lowest BCUT2D eigenvalue weighted by Crippen LogP contribution is -2.49. The third-order valence-electron chi connectivity index (χ3n) is 6.16. The number of rotatable bonds is 6. The van der Waals surface area contributed by atoms with Gasteiger partial charge in [-0.05, 0) is 24.0 Å². The number of urea groups is 1. The molecule has 6 heteroatoms. The number of amides is 4. The van der Waals surface area contributed by atoms with Crippen LogP contribution in [0.4, 0.5) is 4.79 Å². The molecule has 0 radical (unpaired) electrons. The molecule has 0 aromatic heterocycles. The average molecular weight is 405 g/mol. The molecule has 6 nitrogen and oxygen atoms in total. The predicted molar refractivity (Wildman–Crippen MR) is 114 cm³/mol. The first-order valence-electron chi connectivity index (χ1n) is 10.6. The van der Waals surface area contributed by atoms with Crippen molar-refractivity contribution >= 4 is 17.8 Å². The number of imide groups is 1. The molecule has 2 aliphatic rings. The van der Waals surface area contributed by atoms with E-state index in [1.807, 2.05) is 60.7 Å². The summed E-state index contributed by atoms with van der Waals surface area (Å²) in [5, 5.41) is 5.77. The van der Waals surface area contributed by atoms with Crippen molar-refractivity contribution in [2.24, 2.45) is 0 Å². The van der Waals surface area contributed by atoms with E-state index in [1.54, 1.807) is 0 Å². The summed E-state index contributed by atoms with van der Waals surface area (Å²) in [5.41, 5.74) is 1.40. The fourth-order valence-electron chi connectivity index (χ4n) is 4.53. The quantitative estimate of drug-likeness (QED) is 0.725. The molecule has 2 aromatic rings. The van der Waals surface area contributed by atoms with Gasteiger partial charge in [-0.1, -0.05) is 79.9 Å². The van der Waals surface area contributed by atoms with Gasteiger partial charge in [0.05, 0.1) is 0 Å². The molecule has 2 N–H and O–H groups in total. The van der Waals surface area contributed by atoms with Gasteiger partial charge in [0.25, 0.3) is 5.91 Å². The second-order valence-corrected chi connectivity index (χ2v) is 8.14. The van der Waals surface area contributed by atoms with Crippen LogP contribution in [0.1, 0.15) is 49.1 Å². The Morgan fingerprint density at radius 1 is 0.933 bits per heavy atom. The van der Waals surface area contributed by atoms with Crippen LogP contribution >= 0.6 is 0 Å². The normalized spacial score (nSPS) is 18.0. The van der Waals surface area contributed by atoms with Crippen LogP contribution in [0.2, 0.25) is 0 Å². The fourth-order valence-corrected chi connectivity index (χ4v) is 4.53. The molecule has 4 rings (SSSR count). The summed E-state index contributed by atoms with van der Waals surface area (Å²) in [6.45, 7) is 0.143. The van der Waals surface area contributed by atoms with Gasteiger partial charge in [0.2, 0.25) is 5.91 Å². The van der Waals surface area contributed by atoms with Crippen molar-refractivity contribution in [2.45, 2.75) is 43.6 Å². The highest BCUT2D eigenvalue weighted by atomic mass is 16.2. The smallest absolute Gasteiger partial charge is 0.325 e. The first-order valence-corrected chi connectivity index (χ1v) is 10.6. The molecule has 30 heavy (non-hydrogen) atoms. The minimum atomic E-state index is -0.799. The maximum absolute atomic E-state index is 12.9. The van der Waals surface area contributed by atoms with E-state index in [0.29, 0.717) is 19.4 Å². The molecule has 1 heterocycles. The molecule has 0 unspecified atom stereocenters. The molecule has 2 fully saturated rings. The Morgan fingerprint density at radius 2 is 1.50 bits per heavy atom. The van der Waals surface area contributed by atoms with Crippen LogP contribution < -0.4 is 10.6 Å². The Kier molecular flexibility index (Phi) is 5.84. The lowest BCUT2D eigenvalue weighted by atomic mass is 9.82. The van der Waals surface area contributed by atoms with Gasteiger partial charge in [-0.3, -0.25) is 14.5 Å². The Morgan fingerprint density at radius 3 is 2.07 bits per heavy atom. The first-order chi connectivity index (χ1) is 14.6. The number of nitrogens with one attached hydrogen (secondary N) is 2. The van der Waals surface area contributed by atoms with E-state index in [1.165, 1.54) is 0 Å². The number of hydrogen-bond acceptors (Lipinski definition) is 3. The van der Waals surface area contributed by atoms with Gasteiger partial charge in [-0.15, -0.1) is 0 Å². The number of benzene rings is 2. The lowest BCUT2D eigenvalue weighted by molar-refractivity contribution is -0.135. The molecule has 156 valence electrons. The fraction of sp³-hybridized carbons (Fsp3) is 0.375. The van der Waals surface area contributed by atoms with Crippen molar-refractivity contribution in [1.82, 2.24) is 15.5 Å². The summed E-state index contributed by atoms with van der Waals surface area (Å²) in [7, 11) is 0. The summed E-state index contributed by atoms with van der Waals surface area (Å²) >= 11 is 0. The Hall–Kier alpha value is -3.15. The lowest BCUT2D eigenvalue weighted by Gasteiger charge is -2.30. The van der Waals surface area contributed by atoms with E-state index in [4.69, 9.17) is 0 Å². The zero-order chi connectivity index (χ0) is 21.0. The zero-order valence-corrected chi connectivity index (χ0v) is 17.0. The van der Waals surface area contributed by atoms with Gasteiger partial charge >= 0.3 is 6.03 Å². The molecule has 0 atom stereocenters. The molecule has 4 amide bonds. The van der Waals surface area contributed by atoms with Crippen LogP contribution in [0.15, 0.2) is 60.7 Å². The van der Waals surface area contributed by atoms with Crippen LogP contribution in [-0.4, -0.2) is 41.4 Å². The van der Waals surface area contributed by atoms with Crippen molar-refractivity contribution in [2.75, 3.05) is 13.1 Å². The van der Waals surface area contributed by atoms with Crippen LogP contribution in [0.25, 0.3) is 0 Å². The second kappa shape index (κ2) is 8.69. The van der Waals surface area contributed by atoms with E-state index in [0.717, 1.165) is 35.3 Å². The predicted octanol–water partition coefficient (Wildman–Crippen LogP) is 3.19. The highest BCUT2D eigenvalue weighted by molar-refractivity contribution is 6.09. The number of hydrogen-bond donors (Lipinski definition) is 2. The van der Waals surface area contributed by atoms with Crippen molar-refractivity contribution in [3.8, 4) is 0 Å². The highest BCUT2D eigenvalue weighted by Crippen LogP contribution is 2.33. The van der Waals surface area contributed by atoms with E-state index in [9.17, 15) is 14.4 Å². The van der Waals surface area contributed by atoms with Gasteiger partial charge in [-0.2, -0.15) is 0 Å². The van der Waals surface area contributed by atoms with Crippen molar-refractivity contribution < 1.29 is 14.4 Å². The zero-order valence-electron chi connectivity index (χ0n) is 17.0. The van der Waals surface area contributed by atoms with E-state index in [-0.39, 0.29) is 24.3 Å². The summed E-state index contributed by atoms with van der Waals surface area (Å²) in [4.78, 5) is 39.0. The number of carbonyl (C=O) groups is 3. The van der Waals surface area contributed by atoms with Crippen molar-refractivity contribution in [3.05, 3.63) is 71.8 Å². The standard InChI is InChI=1S/C24H27N3O3/c28-21(17-27-22(29)24(26-23(27)30)14-8-3-9-15-24)25-16-20(18-10-4-1-5-11-18)19-12-6-2-7-13-19/h1-2,4-7,10-13,20H,3,8-9,14-17H2,(H,25,28)(H,26,30). The molecule has 1 saturated carbocycles. The Labute approximate surface area is 176 Å². The molecule has 1 spiro atoms. The van der Waals surface area contributed by atoms with E-state index in [2.05, 4.69) is 10.6 Å². The van der Waals surface area contributed by atoms with Crippen LogP contribution in [0.5, 0.6) is 0 Å². The van der Waals surface area contributed by atoms with E-state index >= 15 is 0 Å². The SMILES string of the molecule is O=C(CN1C(=O)NC2(CCCCC2)C1=O)NCC(c1ccccc1)c1ccccc1. The Balaban J connectivity index is 1.42. The van der Waals surface area contributed by atoms with Gasteiger partial charge in [-0.25, -0.2) is 4.79 Å². The molecule has 0 bridgehead atoms. The largest absolute Gasteiger partial charge is 0.354 e. The second-order valence-electron chi connectivity index (χ2n) is 8.14. The molecular formula is C24H27N3O3. The van der Waals surface area contributed by atoms with Gasteiger partial charge < -0.3 is 10.6 Å². The van der Waals surface area contributed by atoms with Gasteiger partial charge in [0.1, 0.15) is 12.1 Å². The topological polar surface area (TPSA) is 78.5 Å². The van der Waals surface area contributed by atoms with Crippen LogP contribution in [0.3, 0.4) is 0 Å². The summed E-state index contributed by atoms with van der Waals surface area (Å²) in [6, 6.07) is 19.5. The van der Waals surface area contributed by atoms with Crippen LogP contribution in [0, 0.1) is 0 Å². The van der Waals surface area contributed by atoms with Crippen LogP contribution in [-0.2, 0) is 9.59 Å². The monoisotopic (exact) mass is 405 g/mol. The van der Waals surface area contributed by atoms with Gasteiger partial charge in [0, 0.05) is 12.5 Å². The molecule has 1 saturated heterocycles. The van der Waals surface area contributed by atoms with E-state index < -0.39 is 11.6 Å². The van der Waals surface area contributed by atoms with Gasteiger partial charge in [0.15, 0.2) is 0 Å². The summed E-state index contributed by atoms with van der Waals surface area (Å²) in [6.07, 6.45) is 4.22.